The number of alkyl halides is 1. The van der Waals surface area contributed by atoms with Gasteiger partial charge in [0.2, 0.25) is 0 Å². The van der Waals surface area contributed by atoms with E-state index in [1.54, 1.807) is 0 Å². The van der Waals surface area contributed by atoms with Gasteiger partial charge in [-0.3, -0.25) is 0 Å². The molecular weight excluding hydrogens is 153 g/mol. The first-order valence-electron chi connectivity index (χ1n) is 3.26. The largest absolute Gasteiger partial charge is 0.388 e. The van der Waals surface area contributed by atoms with Crippen molar-refractivity contribution >= 4 is 11.8 Å². The fourth-order valence-electron chi connectivity index (χ4n) is 1.10. The van der Waals surface area contributed by atoms with Crippen LogP contribution in [0.25, 0.3) is 0 Å². The van der Waals surface area contributed by atoms with E-state index < -0.39 is 11.8 Å². The predicted molar refractivity (Wildman–Crippen MR) is 41.1 cm³/mol. The Kier molecular flexibility index (Phi) is 2.55. The van der Waals surface area contributed by atoms with Gasteiger partial charge in [0.1, 0.15) is 6.10 Å². The summed E-state index contributed by atoms with van der Waals surface area (Å²) in [7, 11) is 0. The number of nitrogens with one attached hydrogen (secondary N) is 1. The summed E-state index contributed by atoms with van der Waals surface area (Å²) in [5.74, 6) is 0.376. The van der Waals surface area contributed by atoms with Crippen LogP contribution in [0, 0.1) is 0 Å². The average molecular weight is 165 g/mol. The second kappa shape index (κ2) is 3.07. The van der Waals surface area contributed by atoms with Crippen molar-refractivity contribution in [2.24, 2.45) is 0 Å². The van der Waals surface area contributed by atoms with Gasteiger partial charge < -0.3 is 10.4 Å². The molecule has 1 fully saturated rings. The van der Waals surface area contributed by atoms with Crippen LogP contribution in [0.3, 0.4) is 0 Å². The number of aliphatic hydroxyl groups excluding tert-OH is 1. The number of hydrogen-bond donors (Lipinski definition) is 2. The molecule has 0 aromatic carbocycles. The highest BCUT2D eigenvalue weighted by atomic mass is 32.2. The van der Waals surface area contributed by atoms with Gasteiger partial charge in [0, 0.05) is 18.8 Å². The van der Waals surface area contributed by atoms with Gasteiger partial charge in [0.15, 0.2) is 5.67 Å². The Hall–Kier alpha value is 0.200. The first-order valence-corrected chi connectivity index (χ1v) is 4.65. The lowest BCUT2D eigenvalue weighted by molar-refractivity contribution is 0.0496. The van der Waals surface area contributed by atoms with Crippen LogP contribution in [0.1, 0.15) is 0 Å². The zero-order valence-electron chi connectivity index (χ0n) is 5.93. The molecule has 4 heteroatoms. The smallest absolute Gasteiger partial charge is 0.159 e. The topological polar surface area (TPSA) is 32.3 Å². The molecule has 0 spiro atoms. The molecule has 0 aromatic heterocycles. The monoisotopic (exact) mass is 165 g/mol. The SMILES string of the molecule is CSCC1(F)CNCC1O. The van der Waals surface area contributed by atoms with E-state index in [-0.39, 0.29) is 6.54 Å². The molecule has 2 nitrogen and oxygen atoms in total. The molecule has 10 heavy (non-hydrogen) atoms. The Morgan fingerprint density at radius 1 is 1.90 bits per heavy atom. The van der Waals surface area contributed by atoms with Crippen LogP contribution >= 0.6 is 11.8 Å². The molecule has 1 saturated heterocycles. The van der Waals surface area contributed by atoms with Crippen LogP contribution in [-0.4, -0.2) is 42.0 Å². The molecule has 1 aliphatic heterocycles. The van der Waals surface area contributed by atoms with E-state index in [0.29, 0.717) is 12.3 Å². The van der Waals surface area contributed by atoms with Gasteiger partial charge in [0.05, 0.1) is 0 Å². The van der Waals surface area contributed by atoms with Gasteiger partial charge in [-0.15, -0.1) is 0 Å². The maximum absolute atomic E-state index is 13.4. The van der Waals surface area contributed by atoms with Gasteiger partial charge in [0.25, 0.3) is 0 Å². The van der Waals surface area contributed by atoms with Crippen molar-refractivity contribution in [3.8, 4) is 0 Å². The second-order valence-electron chi connectivity index (χ2n) is 2.61. The van der Waals surface area contributed by atoms with Gasteiger partial charge in [-0.2, -0.15) is 11.8 Å². The molecular formula is C6H12FNOS. The normalized spacial score (nSPS) is 40.5. The molecule has 0 saturated carbocycles. The van der Waals surface area contributed by atoms with Crippen molar-refractivity contribution in [2.75, 3.05) is 25.1 Å². The number of halogens is 1. The van der Waals surface area contributed by atoms with Crippen molar-refractivity contribution in [3.05, 3.63) is 0 Å². The van der Waals surface area contributed by atoms with Crippen LogP contribution in [0.2, 0.25) is 0 Å². The van der Waals surface area contributed by atoms with Crippen molar-refractivity contribution in [1.82, 2.24) is 5.32 Å². The van der Waals surface area contributed by atoms with Crippen LogP contribution in [0.5, 0.6) is 0 Å². The summed E-state index contributed by atoms with van der Waals surface area (Å²) in [5, 5.41) is 11.9. The molecule has 2 unspecified atom stereocenters. The first kappa shape index (κ1) is 8.30. The van der Waals surface area contributed by atoms with Gasteiger partial charge >= 0.3 is 0 Å². The number of aliphatic hydroxyl groups is 1. The summed E-state index contributed by atoms with van der Waals surface area (Å²) in [5.41, 5.74) is -1.39. The summed E-state index contributed by atoms with van der Waals surface area (Å²) in [6.45, 7) is 0.673. The number of hydrogen-bond acceptors (Lipinski definition) is 3. The highest BCUT2D eigenvalue weighted by Gasteiger charge is 2.41. The standard InChI is InChI=1S/C6H12FNOS/c1-10-4-6(7)3-8-2-5(6)9/h5,8-9H,2-4H2,1H3. The van der Waals surface area contributed by atoms with Crippen molar-refractivity contribution < 1.29 is 9.50 Å². The van der Waals surface area contributed by atoms with Gasteiger partial charge in [-0.05, 0) is 6.26 Å². The van der Waals surface area contributed by atoms with Crippen LogP contribution < -0.4 is 5.32 Å². The molecule has 1 aliphatic rings. The second-order valence-corrected chi connectivity index (χ2v) is 3.48. The Labute approximate surface area is 64.2 Å². The Balaban J connectivity index is 2.48. The Morgan fingerprint density at radius 3 is 3.00 bits per heavy atom. The van der Waals surface area contributed by atoms with Crippen LogP contribution in [-0.2, 0) is 0 Å². The molecule has 2 atom stereocenters. The molecule has 2 N–H and O–H groups in total. The molecule has 0 bridgehead atoms. The van der Waals surface area contributed by atoms with Crippen LogP contribution in [0.4, 0.5) is 4.39 Å². The average Bonchev–Trinajstić information content (AvgIpc) is 2.15. The minimum Gasteiger partial charge on any atom is -0.388 e. The van der Waals surface area contributed by atoms with Crippen molar-refractivity contribution in [3.63, 3.8) is 0 Å². The van der Waals surface area contributed by atoms with E-state index in [1.165, 1.54) is 11.8 Å². The highest BCUT2D eigenvalue weighted by Crippen LogP contribution is 2.23. The number of rotatable bonds is 2. The molecule has 0 amide bonds. The molecule has 0 aromatic rings. The maximum Gasteiger partial charge on any atom is 0.159 e. The third-order valence-electron chi connectivity index (χ3n) is 1.74. The molecule has 1 heterocycles. The van der Waals surface area contributed by atoms with Gasteiger partial charge in [-0.1, -0.05) is 0 Å². The van der Waals surface area contributed by atoms with Gasteiger partial charge in [-0.25, -0.2) is 4.39 Å². The lowest BCUT2D eigenvalue weighted by Gasteiger charge is -2.20. The van der Waals surface area contributed by atoms with Crippen molar-refractivity contribution in [2.45, 2.75) is 11.8 Å². The summed E-state index contributed by atoms with van der Waals surface area (Å²) in [6.07, 6.45) is 1.02. The van der Waals surface area contributed by atoms with Crippen molar-refractivity contribution in [1.29, 1.82) is 0 Å². The quantitative estimate of drug-likeness (QED) is 0.605. The number of β-amino-alcohol motifs (C(OH)–C–C–N with tert-alkyl or cyclic N) is 1. The first-order chi connectivity index (χ1) is 4.69. The summed E-state index contributed by atoms with van der Waals surface area (Å²) >= 11 is 1.43. The molecule has 0 aliphatic carbocycles. The van der Waals surface area contributed by atoms with Crippen LogP contribution in [0.15, 0.2) is 0 Å². The summed E-state index contributed by atoms with van der Waals surface area (Å²) in [4.78, 5) is 0. The maximum atomic E-state index is 13.4. The molecule has 0 radical (unpaired) electrons. The zero-order valence-corrected chi connectivity index (χ0v) is 6.75. The summed E-state index contributed by atoms with van der Waals surface area (Å²) in [6, 6.07) is 0. The lowest BCUT2D eigenvalue weighted by atomic mass is 10.1. The minimum atomic E-state index is -1.39. The van der Waals surface area contributed by atoms with E-state index in [0.717, 1.165) is 0 Å². The molecule has 1 rings (SSSR count). The third kappa shape index (κ3) is 1.44. The Bertz CT molecular complexity index is 124. The summed E-state index contributed by atoms with van der Waals surface area (Å²) < 4.78 is 13.4. The van der Waals surface area contributed by atoms with E-state index in [2.05, 4.69) is 5.32 Å². The van der Waals surface area contributed by atoms with E-state index in [4.69, 9.17) is 5.11 Å². The van der Waals surface area contributed by atoms with E-state index in [9.17, 15) is 4.39 Å². The highest BCUT2D eigenvalue weighted by molar-refractivity contribution is 7.98. The Morgan fingerprint density at radius 2 is 2.60 bits per heavy atom. The number of thioether (sulfide) groups is 1. The zero-order chi connectivity index (χ0) is 7.61. The third-order valence-corrected chi connectivity index (χ3v) is 2.51. The fourth-order valence-corrected chi connectivity index (χ4v) is 1.88. The lowest BCUT2D eigenvalue weighted by Crippen LogP contribution is -2.39. The predicted octanol–water partition coefficient (Wildman–Crippen LogP) is 0.0218. The fraction of sp³-hybridized carbons (Fsp3) is 1.00. The van der Waals surface area contributed by atoms with E-state index in [1.807, 2.05) is 6.26 Å². The molecule has 60 valence electrons. The van der Waals surface area contributed by atoms with E-state index >= 15 is 0 Å². The minimum absolute atomic E-state index is 0.287.